The molecular formula is C15H28BrIN4OS. The molecule has 5 nitrogen and oxygen atoms in total. The summed E-state index contributed by atoms with van der Waals surface area (Å²) in [6.07, 6.45) is 1.06. The minimum atomic E-state index is 0. The van der Waals surface area contributed by atoms with E-state index in [1.165, 1.54) is 4.88 Å². The molecule has 0 unspecified atom stereocenters. The lowest BCUT2D eigenvalue weighted by molar-refractivity contribution is 0.180. The van der Waals surface area contributed by atoms with Gasteiger partial charge in [0.2, 0.25) is 0 Å². The summed E-state index contributed by atoms with van der Waals surface area (Å²) in [5.41, 5.74) is 0. The number of likely N-dealkylation sites (N-methyl/N-ethyl adjacent to an activating group) is 1. The second-order valence-electron chi connectivity index (χ2n) is 5.00. The molecule has 0 radical (unpaired) electrons. The molecule has 0 atom stereocenters. The molecule has 1 heterocycles. The van der Waals surface area contributed by atoms with Crippen LogP contribution in [-0.4, -0.2) is 57.8 Å². The molecule has 0 aliphatic carbocycles. The van der Waals surface area contributed by atoms with Crippen LogP contribution in [0, 0.1) is 0 Å². The maximum atomic E-state index is 5.07. The van der Waals surface area contributed by atoms with E-state index in [1.807, 2.05) is 0 Å². The maximum absolute atomic E-state index is 5.07. The number of rotatable bonds is 10. The van der Waals surface area contributed by atoms with Crippen LogP contribution >= 0.6 is 51.2 Å². The highest BCUT2D eigenvalue weighted by Gasteiger charge is 2.01. The van der Waals surface area contributed by atoms with Crippen LogP contribution in [0.25, 0.3) is 0 Å². The molecule has 0 fully saturated rings. The Hall–Kier alpha value is 0.1000. The first-order valence-electron chi connectivity index (χ1n) is 7.58. The van der Waals surface area contributed by atoms with Crippen molar-refractivity contribution in [1.29, 1.82) is 0 Å². The molecule has 0 aliphatic rings. The Bertz CT molecular complexity index is 445. The van der Waals surface area contributed by atoms with E-state index < -0.39 is 0 Å². The van der Waals surface area contributed by atoms with Gasteiger partial charge in [0.05, 0.1) is 6.54 Å². The Morgan fingerprint density at radius 3 is 2.78 bits per heavy atom. The standard InChI is InChI=1S/C15H27BrN4OS.HI/c1-4-17-15(19-11-14-10-13(16)12-22-14)18-6-8-20(2)7-5-9-21-3;/h10,12H,4-9,11H2,1-3H3,(H2,17,18,19);1H. The molecule has 0 saturated carbocycles. The van der Waals surface area contributed by atoms with Gasteiger partial charge in [-0.1, -0.05) is 0 Å². The van der Waals surface area contributed by atoms with E-state index in [-0.39, 0.29) is 24.0 Å². The summed E-state index contributed by atoms with van der Waals surface area (Å²) in [5, 5.41) is 8.74. The van der Waals surface area contributed by atoms with Gasteiger partial charge in [-0.25, -0.2) is 4.99 Å². The van der Waals surface area contributed by atoms with Gasteiger partial charge in [-0.3, -0.25) is 0 Å². The summed E-state index contributed by atoms with van der Waals surface area (Å²) < 4.78 is 6.19. The SMILES string of the molecule is CCNC(=NCc1cc(Br)cs1)NCCN(C)CCCOC.I. The van der Waals surface area contributed by atoms with Gasteiger partial charge in [0, 0.05) is 54.6 Å². The van der Waals surface area contributed by atoms with Gasteiger partial charge >= 0.3 is 0 Å². The Morgan fingerprint density at radius 1 is 1.39 bits per heavy atom. The van der Waals surface area contributed by atoms with Crippen LogP contribution in [0.5, 0.6) is 0 Å². The number of hydrogen-bond donors (Lipinski definition) is 2. The van der Waals surface area contributed by atoms with E-state index in [0.29, 0.717) is 6.54 Å². The minimum absolute atomic E-state index is 0. The fraction of sp³-hybridized carbons (Fsp3) is 0.667. The first kappa shape index (κ1) is 23.1. The Kier molecular flexibility index (Phi) is 14.5. The van der Waals surface area contributed by atoms with Crippen LogP contribution in [0.2, 0.25) is 0 Å². The summed E-state index contributed by atoms with van der Waals surface area (Å²) in [6.45, 7) is 7.38. The molecule has 0 aliphatic heterocycles. The normalized spacial score (nSPS) is 11.4. The summed E-state index contributed by atoms with van der Waals surface area (Å²) in [5.74, 6) is 0.873. The summed E-state index contributed by atoms with van der Waals surface area (Å²) >= 11 is 5.19. The van der Waals surface area contributed by atoms with Crippen molar-refractivity contribution in [3.63, 3.8) is 0 Å². The molecule has 134 valence electrons. The van der Waals surface area contributed by atoms with Crippen molar-refractivity contribution in [1.82, 2.24) is 15.5 Å². The third kappa shape index (κ3) is 11.3. The van der Waals surface area contributed by atoms with Crippen LogP contribution in [0.1, 0.15) is 18.2 Å². The molecular weight excluding hydrogens is 491 g/mol. The van der Waals surface area contributed by atoms with Gasteiger partial charge in [-0.2, -0.15) is 0 Å². The second-order valence-corrected chi connectivity index (χ2v) is 6.91. The fourth-order valence-corrected chi connectivity index (χ4v) is 3.27. The molecule has 8 heteroatoms. The number of methoxy groups -OCH3 is 1. The highest BCUT2D eigenvalue weighted by Crippen LogP contribution is 2.20. The highest BCUT2D eigenvalue weighted by atomic mass is 127. The predicted molar refractivity (Wildman–Crippen MR) is 114 cm³/mol. The predicted octanol–water partition coefficient (Wildman–Crippen LogP) is 3.15. The van der Waals surface area contributed by atoms with E-state index in [2.05, 4.69) is 61.9 Å². The van der Waals surface area contributed by atoms with Gasteiger partial charge in [0.25, 0.3) is 0 Å². The average Bonchev–Trinajstić information content (AvgIpc) is 2.91. The van der Waals surface area contributed by atoms with Gasteiger partial charge in [-0.05, 0) is 42.4 Å². The van der Waals surface area contributed by atoms with Gasteiger partial charge in [0.15, 0.2) is 5.96 Å². The Morgan fingerprint density at radius 2 is 2.17 bits per heavy atom. The minimum Gasteiger partial charge on any atom is -0.385 e. The zero-order valence-electron chi connectivity index (χ0n) is 14.1. The molecule has 0 saturated heterocycles. The monoisotopic (exact) mass is 518 g/mol. The van der Waals surface area contributed by atoms with Crippen molar-refractivity contribution >= 4 is 57.2 Å². The summed E-state index contributed by atoms with van der Waals surface area (Å²) in [4.78, 5) is 8.16. The lowest BCUT2D eigenvalue weighted by Crippen LogP contribution is -2.41. The number of hydrogen-bond acceptors (Lipinski definition) is 4. The highest BCUT2D eigenvalue weighted by molar-refractivity contribution is 14.0. The number of nitrogens with zero attached hydrogens (tertiary/aromatic N) is 2. The van der Waals surface area contributed by atoms with Crippen LogP contribution in [0.4, 0.5) is 0 Å². The summed E-state index contributed by atoms with van der Waals surface area (Å²) in [7, 11) is 3.87. The number of guanidine groups is 1. The van der Waals surface area contributed by atoms with Crippen LogP contribution in [0.15, 0.2) is 20.9 Å². The van der Waals surface area contributed by atoms with Crippen LogP contribution in [-0.2, 0) is 11.3 Å². The smallest absolute Gasteiger partial charge is 0.191 e. The quantitative estimate of drug-likeness (QED) is 0.216. The Balaban J connectivity index is 0.00000484. The van der Waals surface area contributed by atoms with Crippen molar-refractivity contribution in [3.05, 3.63) is 20.8 Å². The van der Waals surface area contributed by atoms with Crippen molar-refractivity contribution in [2.45, 2.75) is 19.9 Å². The molecule has 1 aromatic heterocycles. The lowest BCUT2D eigenvalue weighted by atomic mass is 10.4. The zero-order valence-corrected chi connectivity index (χ0v) is 18.8. The van der Waals surface area contributed by atoms with E-state index in [9.17, 15) is 0 Å². The second kappa shape index (κ2) is 14.4. The molecule has 1 aromatic rings. The summed E-state index contributed by atoms with van der Waals surface area (Å²) in [6, 6.07) is 2.11. The zero-order chi connectivity index (χ0) is 16.2. The number of halogens is 2. The van der Waals surface area contributed by atoms with Crippen LogP contribution in [0.3, 0.4) is 0 Å². The van der Waals surface area contributed by atoms with E-state index in [1.54, 1.807) is 18.4 Å². The molecule has 23 heavy (non-hydrogen) atoms. The van der Waals surface area contributed by atoms with E-state index in [0.717, 1.165) is 49.6 Å². The number of ether oxygens (including phenoxy) is 1. The van der Waals surface area contributed by atoms with Crippen molar-refractivity contribution in [2.75, 3.05) is 46.9 Å². The first-order chi connectivity index (χ1) is 10.7. The van der Waals surface area contributed by atoms with Crippen LogP contribution < -0.4 is 10.6 Å². The third-order valence-electron chi connectivity index (χ3n) is 3.03. The largest absolute Gasteiger partial charge is 0.385 e. The van der Waals surface area contributed by atoms with Crippen molar-refractivity contribution in [2.24, 2.45) is 4.99 Å². The third-order valence-corrected chi connectivity index (χ3v) is 4.72. The van der Waals surface area contributed by atoms with Gasteiger partial charge in [-0.15, -0.1) is 35.3 Å². The van der Waals surface area contributed by atoms with Crippen molar-refractivity contribution < 1.29 is 4.74 Å². The molecule has 0 bridgehead atoms. The maximum Gasteiger partial charge on any atom is 0.191 e. The molecule has 1 rings (SSSR count). The Labute approximate surface area is 169 Å². The fourth-order valence-electron chi connectivity index (χ4n) is 1.89. The first-order valence-corrected chi connectivity index (χ1v) is 9.25. The topological polar surface area (TPSA) is 48.9 Å². The average molecular weight is 519 g/mol. The molecule has 0 amide bonds. The number of thiophene rings is 1. The number of nitrogens with one attached hydrogen (secondary N) is 2. The molecule has 2 N–H and O–H groups in total. The number of aliphatic imine (C=N–C) groups is 1. The van der Waals surface area contributed by atoms with E-state index in [4.69, 9.17) is 4.74 Å². The van der Waals surface area contributed by atoms with Gasteiger partial charge < -0.3 is 20.3 Å². The van der Waals surface area contributed by atoms with Crippen molar-refractivity contribution in [3.8, 4) is 0 Å². The van der Waals surface area contributed by atoms with Gasteiger partial charge in [0.1, 0.15) is 0 Å². The molecule has 0 aromatic carbocycles. The molecule has 0 spiro atoms. The lowest BCUT2D eigenvalue weighted by Gasteiger charge is -2.18. The van der Waals surface area contributed by atoms with E-state index >= 15 is 0 Å².